The third kappa shape index (κ3) is 16.9. The van der Waals surface area contributed by atoms with Crippen molar-refractivity contribution < 1.29 is 28.6 Å². The monoisotopic (exact) mass is 460 g/mol. The second-order valence-corrected chi connectivity index (χ2v) is 7.71. The summed E-state index contributed by atoms with van der Waals surface area (Å²) in [7, 11) is 6.26. The van der Waals surface area contributed by atoms with Gasteiger partial charge >= 0.3 is 17.9 Å². The Bertz CT molecular complexity index is 501. The van der Waals surface area contributed by atoms with E-state index in [-0.39, 0.29) is 17.9 Å². The summed E-state index contributed by atoms with van der Waals surface area (Å²) in [6.07, 6.45) is 2.05. The molecule has 0 aromatic heterocycles. The van der Waals surface area contributed by atoms with Gasteiger partial charge in [0, 0.05) is 58.9 Å². The molecule has 0 aromatic rings. The first-order valence-corrected chi connectivity index (χ1v) is 11.4. The summed E-state index contributed by atoms with van der Waals surface area (Å²) in [6.45, 7) is 10.1. The van der Waals surface area contributed by atoms with E-state index in [4.69, 9.17) is 9.47 Å². The fraction of sp³-hybridized carbons (Fsp3) is 0.864. The van der Waals surface area contributed by atoms with E-state index in [0.29, 0.717) is 38.9 Å². The van der Waals surface area contributed by atoms with E-state index in [1.54, 1.807) is 0 Å². The summed E-state index contributed by atoms with van der Waals surface area (Å²) in [5, 5.41) is 3.25. The summed E-state index contributed by atoms with van der Waals surface area (Å²) >= 11 is 0. The number of carbonyl (C=O) groups excluding carboxylic acids is 3. The van der Waals surface area contributed by atoms with Crippen molar-refractivity contribution in [3.8, 4) is 0 Å². The van der Waals surface area contributed by atoms with Crippen LogP contribution in [0.5, 0.6) is 0 Å². The first-order valence-electron chi connectivity index (χ1n) is 11.4. The molecule has 10 heteroatoms. The van der Waals surface area contributed by atoms with Crippen molar-refractivity contribution in [3.05, 3.63) is 0 Å². The van der Waals surface area contributed by atoms with Gasteiger partial charge in [-0.2, -0.15) is 0 Å². The predicted octanol–water partition coefficient (Wildman–Crippen LogP) is 0.211. The second-order valence-electron chi connectivity index (χ2n) is 7.71. The lowest BCUT2D eigenvalue weighted by Gasteiger charge is -2.28. The van der Waals surface area contributed by atoms with Gasteiger partial charge in [0.25, 0.3) is 0 Å². The number of hydrogen-bond acceptors (Lipinski definition) is 10. The molecule has 0 aliphatic rings. The van der Waals surface area contributed by atoms with Crippen LogP contribution in [-0.4, -0.2) is 126 Å². The highest BCUT2D eigenvalue weighted by Gasteiger charge is 2.13. The van der Waals surface area contributed by atoms with Gasteiger partial charge in [-0.15, -0.1) is 0 Å². The van der Waals surface area contributed by atoms with Crippen LogP contribution in [0.15, 0.2) is 0 Å². The van der Waals surface area contributed by atoms with Gasteiger partial charge in [0.2, 0.25) is 0 Å². The SMILES string of the molecule is CCCN(CCN(C)CCNCCC(=O)OC)CCN(CCC(=O)OC)CCC(=O)OC. The van der Waals surface area contributed by atoms with E-state index in [9.17, 15) is 14.4 Å². The molecule has 10 nitrogen and oxygen atoms in total. The molecule has 0 amide bonds. The molecule has 0 aromatic carbocycles. The van der Waals surface area contributed by atoms with Crippen LogP contribution in [0.25, 0.3) is 0 Å². The van der Waals surface area contributed by atoms with E-state index < -0.39 is 0 Å². The highest BCUT2D eigenvalue weighted by molar-refractivity contribution is 5.70. The molecule has 0 unspecified atom stereocenters. The fourth-order valence-corrected chi connectivity index (χ4v) is 3.08. The van der Waals surface area contributed by atoms with E-state index in [1.165, 1.54) is 21.3 Å². The normalized spacial score (nSPS) is 11.2. The number of ether oxygens (including phenoxy) is 3. The zero-order chi connectivity index (χ0) is 24.2. The maximum Gasteiger partial charge on any atom is 0.306 e. The minimum absolute atomic E-state index is 0.201. The Morgan fingerprint density at radius 2 is 1.09 bits per heavy atom. The molecule has 32 heavy (non-hydrogen) atoms. The molecule has 0 aliphatic carbocycles. The number of nitrogens with one attached hydrogen (secondary N) is 1. The minimum atomic E-state index is -0.250. The van der Waals surface area contributed by atoms with Crippen molar-refractivity contribution in [1.82, 2.24) is 20.0 Å². The molecule has 0 atom stereocenters. The Morgan fingerprint density at radius 3 is 1.59 bits per heavy atom. The van der Waals surface area contributed by atoms with Crippen LogP contribution >= 0.6 is 0 Å². The Balaban J connectivity index is 4.38. The van der Waals surface area contributed by atoms with Gasteiger partial charge < -0.3 is 34.2 Å². The summed E-state index contributed by atoms with van der Waals surface area (Å²) < 4.78 is 14.1. The predicted molar refractivity (Wildman–Crippen MR) is 123 cm³/mol. The molecule has 1 N–H and O–H groups in total. The van der Waals surface area contributed by atoms with Crippen molar-refractivity contribution in [1.29, 1.82) is 0 Å². The van der Waals surface area contributed by atoms with E-state index in [1.807, 2.05) is 0 Å². The average molecular weight is 461 g/mol. The largest absolute Gasteiger partial charge is 0.469 e. The zero-order valence-electron chi connectivity index (χ0n) is 20.7. The molecule has 0 saturated carbocycles. The van der Waals surface area contributed by atoms with Gasteiger partial charge in [0.1, 0.15) is 0 Å². The van der Waals surface area contributed by atoms with Crippen LogP contribution in [0.3, 0.4) is 0 Å². The maximum atomic E-state index is 11.5. The number of rotatable bonds is 20. The van der Waals surface area contributed by atoms with Crippen molar-refractivity contribution in [2.24, 2.45) is 0 Å². The fourth-order valence-electron chi connectivity index (χ4n) is 3.08. The lowest BCUT2D eigenvalue weighted by Crippen LogP contribution is -2.41. The van der Waals surface area contributed by atoms with Crippen LogP contribution in [-0.2, 0) is 28.6 Å². The van der Waals surface area contributed by atoms with Gasteiger partial charge in [-0.05, 0) is 20.0 Å². The number of likely N-dealkylation sites (N-methyl/N-ethyl adjacent to an activating group) is 1. The quantitative estimate of drug-likeness (QED) is 0.154. The summed E-state index contributed by atoms with van der Waals surface area (Å²) in [5.74, 6) is -0.700. The third-order valence-corrected chi connectivity index (χ3v) is 5.19. The standard InChI is InChI=1S/C22H44N4O6/c1-6-12-25(17-16-24(2)15-11-23-10-7-20(27)30-3)18-19-26(13-8-21(28)31-4)14-9-22(29)32-5/h23H,6-19H2,1-5H3. The molecule has 0 bridgehead atoms. The van der Waals surface area contributed by atoms with Crippen LogP contribution in [0, 0.1) is 0 Å². The van der Waals surface area contributed by atoms with Crippen LogP contribution < -0.4 is 5.32 Å². The highest BCUT2D eigenvalue weighted by Crippen LogP contribution is 2.00. The molecular weight excluding hydrogens is 416 g/mol. The summed E-state index contributed by atoms with van der Waals surface area (Å²) in [5.41, 5.74) is 0. The van der Waals surface area contributed by atoms with Crippen LogP contribution in [0.4, 0.5) is 0 Å². The number of hydrogen-bond donors (Lipinski definition) is 1. The van der Waals surface area contributed by atoms with E-state index in [2.05, 4.69) is 38.7 Å². The Hall–Kier alpha value is -1.75. The van der Waals surface area contributed by atoms with Crippen LogP contribution in [0.1, 0.15) is 32.6 Å². The Kier molecular flexibility index (Phi) is 18.8. The topological polar surface area (TPSA) is 101 Å². The van der Waals surface area contributed by atoms with Gasteiger partial charge in [0.05, 0.1) is 40.6 Å². The van der Waals surface area contributed by atoms with Crippen molar-refractivity contribution in [2.45, 2.75) is 32.6 Å². The van der Waals surface area contributed by atoms with E-state index in [0.717, 1.165) is 52.2 Å². The molecule has 0 fully saturated rings. The lowest BCUT2D eigenvalue weighted by atomic mass is 10.3. The first-order chi connectivity index (χ1) is 15.4. The minimum Gasteiger partial charge on any atom is -0.469 e. The van der Waals surface area contributed by atoms with Gasteiger partial charge in [-0.25, -0.2) is 0 Å². The molecule has 0 radical (unpaired) electrons. The molecule has 0 spiro atoms. The Morgan fingerprint density at radius 1 is 0.625 bits per heavy atom. The van der Waals surface area contributed by atoms with Gasteiger partial charge in [-0.3, -0.25) is 14.4 Å². The van der Waals surface area contributed by atoms with Gasteiger partial charge in [0.15, 0.2) is 0 Å². The number of esters is 3. The molecule has 0 saturated heterocycles. The molecule has 188 valence electrons. The van der Waals surface area contributed by atoms with E-state index >= 15 is 0 Å². The molecule has 0 aliphatic heterocycles. The second kappa shape index (κ2) is 19.9. The van der Waals surface area contributed by atoms with Crippen LogP contribution in [0.2, 0.25) is 0 Å². The lowest BCUT2D eigenvalue weighted by molar-refractivity contribution is -0.142. The zero-order valence-corrected chi connectivity index (χ0v) is 20.7. The number of methoxy groups -OCH3 is 3. The average Bonchev–Trinajstić information content (AvgIpc) is 2.80. The van der Waals surface area contributed by atoms with Gasteiger partial charge in [-0.1, -0.05) is 6.92 Å². The molecular formula is C22H44N4O6. The van der Waals surface area contributed by atoms with Crippen molar-refractivity contribution >= 4 is 17.9 Å². The first kappa shape index (κ1) is 30.2. The molecule has 0 rings (SSSR count). The van der Waals surface area contributed by atoms with Crippen molar-refractivity contribution in [2.75, 3.05) is 93.8 Å². The maximum absolute atomic E-state index is 11.5. The summed E-state index contributed by atoms with van der Waals surface area (Å²) in [6, 6.07) is 0. The summed E-state index contributed by atoms with van der Waals surface area (Å²) in [4.78, 5) is 40.9. The third-order valence-electron chi connectivity index (χ3n) is 5.19. The Labute approximate surface area is 193 Å². The number of carbonyl (C=O) groups is 3. The highest BCUT2D eigenvalue weighted by atomic mass is 16.5. The smallest absolute Gasteiger partial charge is 0.306 e. The number of nitrogens with zero attached hydrogens (tertiary/aromatic N) is 3. The molecule has 0 heterocycles. The van der Waals surface area contributed by atoms with Crippen molar-refractivity contribution in [3.63, 3.8) is 0 Å².